The summed E-state index contributed by atoms with van der Waals surface area (Å²) in [6, 6.07) is 17.1. The molecule has 2 rings (SSSR count). The summed E-state index contributed by atoms with van der Waals surface area (Å²) in [6.07, 6.45) is 0.421. The fourth-order valence-electron chi connectivity index (χ4n) is 1.76. The first-order valence-electron chi connectivity index (χ1n) is 5.87. The van der Waals surface area contributed by atoms with Crippen LogP contribution in [0.25, 0.3) is 0 Å². The van der Waals surface area contributed by atoms with Crippen molar-refractivity contribution < 1.29 is 9.84 Å². The molecular weight excluding hydrogens is 248 g/mol. The zero-order chi connectivity index (χ0) is 12.8. The van der Waals surface area contributed by atoms with Crippen molar-refractivity contribution in [2.24, 2.45) is 0 Å². The van der Waals surface area contributed by atoms with Crippen LogP contribution in [0.3, 0.4) is 0 Å². The molecule has 0 aliphatic rings. The van der Waals surface area contributed by atoms with E-state index in [1.807, 2.05) is 42.5 Å². The third-order valence-corrected chi connectivity index (χ3v) is 2.91. The van der Waals surface area contributed by atoms with Crippen molar-refractivity contribution in [1.29, 1.82) is 0 Å². The van der Waals surface area contributed by atoms with Gasteiger partial charge in [-0.1, -0.05) is 41.9 Å². The first-order chi connectivity index (χ1) is 8.79. The molecule has 0 aliphatic carbocycles. The van der Waals surface area contributed by atoms with E-state index >= 15 is 0 Å². The molecule has 2 aromatic rings. The van der Waals surface area contributed by atoms with E-state index < -0.39 is 0 Å². The summed E-state index contributed by atoms with van der Waals surface area (Å²) in [4.78, 5) is 0. The van der Waals surface area contributed by atoms with E-state index in [1.165, 1.54) is 0 Å². The van der Waals surface area contributed by atoms with E-state index in [0.29, 0.717) is 11.4 Å². The van der Waals surface area contributed by atoms with E-state index in [2.05, 4.69) is 0 Å². The zero-order valence-electron chi connectivity index (χ0n) is 9.92. The fourth-order valence-corrected chi connectivity index (χ4v) is 1.88. The van der Waals surface area contributed by atoms with Crippen LogP contribution in [-0.2, 0) is 0 Å². The van der Waals surface area contributed by atoms with Crippen LogP contribution in [-0.4, -0.2) is 11.7 Å². The maximum absolute atomic E-state index is 9.12. The predicted molar refractivity (Wildman–Crippen MR) is 73.0 cm³/mol. The van der Waals surface area contributed by atoms with Crippen LogP contribution in [0.5, 0.6) is 5.75 Å². The maximum atomic E-state index is 9.12. The smallest absolute Gasteiger partial charge is 0.126 e. The summed E-state index contributed by atoms with van der Waals surface area (Å²) in [5, 5.41) is 9.80. The van der Waals surface area contributed by atoms with E-state index in [0.717, 1.165) is 11.3 Å². The Labute approximate surface area is 112 Å². The van der Waals surface area contributed by atoms with Crippen molar-refractivity contribution in [3.05, 3.63) is 65.2 Å². The van der Waals surface area contributed by atoms with Crippen LogP contribution in [0, 0.1) is 0 Å². The highest BCUT2D eigenvalue weighted by atomic mass is 35.5. The van der Waals surface area contributed by atoms with Crippen molar-refractivity contribution in [2.75, 3.05) is 6.61 Å². The van der Waals surface area contributed by atoms with Gasteiger partial charge in [0.25, 0.3) is 0 Å². The summed E-state index contributed by atoms with van der Waals surface area (Å²) in [5.74, 6) is 0.752. The van der Waals surface area contributed by atoms with Gasteiger partial charge in [0.05, 0.1) is 0 Å². The molecule has 0 unspecified atom stereocenters. The topological polar surface area (TPSA) is 29.5 Å². The molecule has 0 saturated heterocycles. The van der Waals surface area contributed by atoms with Gasteiger partial charge in [-0.15, -0.1) is 0 Å². The third kappa shape index (κ3) is 3.49. The Morgan fingerprint density at radius 2 is 1.67 bits per heavy atom. The second kappa shape index (κ2) is 6.43. The number of ether oxygens (including phenoxy) is 1. The number of benzene rings is 2. The van der Waals surface area contributed by atoms with Gasteiger partial charge in [0, 0.05) is 18.1 Å². The van der Waals surface area contributed by atoms with E-state index in [4.69, 9.17) is 21.4 Å². The van der Waals surface area contributed by atoms with Crippen molar-refractivity contribution in [2.45, 2.75) is 12.5 Å². The van der Waals surface area contributed by atoms with Gasteiger partial charge < -0.3 is 9.84 Å². The SMILES string of the molecule is OCC[C@@H](Oc1ccc(Cl)cc1)c1ccccc1. The van der Waals surface area contributed by atoms with Crippen LogP contribution < -0.4 is 4.74 Å². The second-order valence-electron chi connectivity index (χ2n) is 3.98. The van der Waals surface area contributed by atoms with Gasteiger partial charge in [0.1, 0.15) is 11.9 Å². The lowest BCUT2D eigenvalue weighted by Gasteiger charge is -2.18. The van der Waals surface area contributed by atoms with Crippen molar-refractivity contribution in [3.8, 4) is 5.75 Å². The average Bonchev–Trinajstić information content (AvgIpc) is 2.42. The number of hydrogen-bond acceptors (Lipinski definition) is 2. The molecule has 0 aromatic heterocycles. The third-order valence-electron chi connectivity index (χ3n) is 2.65. The van der Waals surface area contributed by atoms with Gasteiger partial charge in [-0.3, -0.25) is 0 Å². The Hall–Kier alpha value is -1.51. The molecular formula is C15H15ClO2. The highest BCUT2D eigenvalue weighted by Crippen LogP contribution is 2.25. The van der Waals surface area contributed by atoms with Crippen LogP contribution in [0.1, 0.15) is 18.1 Å². The Balaban J connectivity index is 2.14. The summed E-state index contributed by atoms with van der Waals surface area (Å²) >= 11 is 5.83. The summed E-state index contributed by atoms with van der Waals surface area (Å²) in [6.45, 7) is 0.0904. The van der Waals surface area contributed by atoms with Crippen LogP contribution in [0.2, 0.25) is 5.02 Å². The van der Waals surface area contributed by atoms with Crippen LogP contribution in [0.15, 0.2) is 54.6 Å². The van der Waals surface area contributed by atoms with Crippen LogP contribution in [0.4, 0.5) is 0 Å². The number of aliphatic hydroxyl groups is 1. The minimum absolute atomic E-state index is 0.0904. The highest BCUT2D eigenvalue weighted by molar-refractivity contribution is 6.30. The Kier molecular flexibility index (Phi) is 4.62. The molecule has 0 radical (unpaired) electrons. The molecule has 0 heterocycles. The quantitative estimate of drug-likeness (QED) is 0.887. The second-order valence-corrected chi connectivity index (χ2v) is 4.42. The van der Waals surface area contributed by atoms with Crippen LogP contribution >= 0.6 is 11.6 Å². The molecule has 0 fully saturated rings. The first-order valence-corrected chi connectivity index (χ1v) is 6.25. The molecule has 18 heavy (non-hydrogen) atoms. The van der Waals surface area contributed by atoms with E-state index in [1.54, 1.807) is 12.1 Å². The van der Waals surface area contributed by atoms with E-state index in [9.17, 15) is 0 Å². The highest BCUT2D eigenvalue weighted by Gasteiger charge is 2.12. The molecule has 3 heteroatoms. The normalized spacial score (nSPS) is 12.1. The molecule has 2 nitrogen and oxygen atoms in total. The average molecular weight is 263 g/mol. The lowest BCUT2D eigenvalue weighted by Crippen LogP contribution is -2.09. The number of halogens is 1. The number of aliphatic hydroxyl groups excluding tert-OH is 1. The minimum Gasteiger partial charge on any atom is -0.486 e. The van der Waals surface area contributed by atoms with Crippen molar-refractivity contribution >= 4 is 11.6 Å². The van der Waals surface area contributed by atoms with Gasteiger partial charge in [-0.05, 0) is 29.8 Å². The lowest BCUT2D eigenvalue weighted by atomic mass is 10.1. The summed E-state index contributed by atoms with van der Waals surface area (Å²) in [5.41, 5.74) is 1.06. The molecule has 0 amide bonds. The molecule has 0 aliphatic heterocycles. The zero-order valence-corrected chi connectivity index (χ0v) is 10.7. The van der Waals surface area contributed by atoms with E-state index in [-0.39, 0.29) is 12.7 Å². The summed E-state index contributed by atoms with van der Waals surface area (Å²) < 4.78 is 5.88. The molecule has 1 N–H and O–H groups in total. The summed E-state index contributed by atoms with van der Waals surface area (Å²) in [7, 11) is 0. The van der Waals surface area contributed by atoms with Gasteiger partial charge in [0.2, 0.25) is 0 Å². The van der Waals surface area contributed by atoms with Gasteiger partial charge in [0.15, 0.2) is 0 Å². The number of hydrogen-bond donors (Lipinski definition) is 1. The lowest BCUT2D eigenvalue weighted by molar-refractivity contribution is 0.156. The van der Waals surface area contributed by atoms with Crippen molar-refractivity contribution in [3.63, 3.8) is 0 Å². The van der Waals surface area contributed by atoms with Gasteiger partial charge in [-0.2, -0.15) is 0 Å². The fraction of sp³-hybridized carbons (Fsp3) is 0.200. The maximum Gasteiger partial charge on any atom is 0.126 e. The molecule has 94 valence electrons. The Morgan fingerprint density at radius 1 is 1.00 bits per heavy atom. The standard InChI is InChI=1S/C15H15ClO2/c16-13-6-8-14(9-7-13)18-15(10-11-17)12-4-2-1-3-5-12/h1-9,15,17H,10-11H2/t15-/m1/s1. The Morgan fingerprint density at radius 3 is 2.28 bits per heavy atom. The minimum atomic E-state index is -0.141. The molecule has 1 atom stereocenters. The van der Waals surface area contributed by atoms with Gasteiger partial charge in [-0.25, -0.2) is 0 Å². The molecule has 0 saturated carbocycles. The first kappa shape index (κ1) is 12.9. The molecule has 2 aromatic carbocycles. The largest absolute Gasteiger partial charge is 0.486 e. The monoisotopic (exact) mass is 262 g/mol. The molecule has 0 bridgehead atoms. The van der Waals surface area contributed by atoms with Gasteiger partial charge >= 0.3 is 0 Å². The Bertz CT molecular complexity index is 468. The number of rotatable bonds is 5. The molecule has 0 spiro atoms. The van der Waals surface area contributed by atoms with Crippen molar-refractivity contribution in [1.82, 2.24) is 0 Å². The predicted octanol–water partition coefficient (Wildman–Crippen LogP) is 3.84.